The molecule has 1 heterocycles. The minimum Gasteiger partial charge on any atom is -0.497 e. The zero-order chi connectivity index (χ0) is 15.2. The van der Waals surface area contributed by atoms with Gasteiger partial charge in [0.15, 0.2) is 15.3 Å². The SMILES string of the molecule is COc1ccc2c(=O)c3cc(S(C)(=O)=O)ccc3sc2c1. The molecule has 4 nitrogen and oxygen atoms in total. The van der Waals surface area contributed by atoms with E-state index in [1.165, 1.54) is 23.5 Å². The summed E-state index contributed by atoms with van der Waals surface area (Å²) in [6.45, 7) is 0. The van der Waals surface area contributed by atoms with Crippen molar-refractivity contribution in [2.24, 2.45) is 0 Å². The summed E-state index contributed by atoms with van der Waals surface area (Å²) in [5.41, 5.74) is -0.160. The third-order valence-corrected chi connectivity index (χ3v) is 5.52. The molecular weight excluding hydrogens is 308 g/mol. The molecule has 0 saturated heterocycles. The lowest BCUT2D eigenvalue weighted by Crippen LogP contribution is -2.03. The molecular formula is C15H12O4S2. The van der Waals surface area contributed by atoms with Gasteiger partial charge in [-0.05, 0) is 36.4 Å². The van der Waals surface area contributed by atoms with E-state index in [0.29, 0.717) is 16.5 Å². The number of sulfone groups is 1. The first-order valence-electron chi connectivity index (χ1n) is 6.15. The van der Waals surface area contributed by atoms with Gasteiger partial charge in [0.2, 0.25) is 0 Å². The smallest absolute Gasteiger partial charge is 0.195 e. The van der Waals surface area contributed by atoms with Gasteiger partial charge in [-0.15, -0.1) is 11.3 Å². The van der Waals surface area contributed by atoms with Gasteiger partial charge in [-0.1, -0.05) is 0 Å². The molecule has 3 aromatic rings. The lowest BCUT2D eigenvalue weighted by molar-refractivity contribution is 0.415. The Morgan fingerprint density at radius 1 is 1.00 bits per heavy atom. The van der Waals surface area contributed by atoms with Gasteiger partial charge >= 0.3 is 0 Å². The standard InChI is InChI=1S/C15H12O4S2/c1-19-9-3-5-11-14(7-9)20-13-6-4-10(21(2,17)18)8-12(13)15(11)16/h3-8H,1-2H3. The predicted octanol–water partition coefficient (Wildman–Crippen LogP) is 2.83. The molecule has 0 N–H and O–H groups in total. The van der Waals surface area contributed by atoms with E-state index in [9.17, 15) is 13.2 Å². The van der Waals surface area contributed by atoms with E-state index >= 15 is 0 Å². The minimum absolute atomic E-state index is 0.159. The summed E-state index contributed by atoms with van der Waals surface area (Å²) in [7, 11) is -1.76. The van der Waals surface area contributed by atoms with Crippen LogP contribution >= 0.6 is 11.3 Å². The fourth-order valence-electron chi connectivity index (χ4n) is 2.17. The average Bonchev–Trinajstić information content (AvgIpc) is 2.45. The molecule has 0 amide bonds. The largest absolute Gasteiger partial charge is 0.497 e. The molecule has 6 heteroatoms. The van der Waals surface area contributed by atoms with Crippen molar-refractivity contribution in [3.05, 3.63) is 46.6 Å². The predicted molar refractivity (Wildman–Crippen MR) is 85.3 cm³/mol. The Balaban J connectivity index is 2.42. The first kappa shape index (κ1) is 14.0. The third-order valence-electron chi connectivity index (χ3n) is 3.28. The summed E-state index contributed by atoms with van der Waals surface area (Å²) >= 11 is 1.44. The van der Waals surface area contributed by atoms with Crippen molar-refractivity contribution < 1.29 is 13.2 Å². The highest BCUT2D eigenvalue weighted by Gasteiger charge is 2.12. The second-order valence-corrected chi connectivity index (χ2v) is 7.82. The van der Waals surface area contributed by atoms with Crippen LogP contribution in [0.3, 0.4) is 0 Å². The topological polar surface area (TPSA) is 60.4 Å². The summed E-state index contributed by atoms with van der Waals surface area (Å²) in [5, 5.41) is 1.000. The van der Waals surface area contributed by atoms with Crippen molar-refractivity contribution in [3.8, 4) is 5.75 Å². The molecule has 0 bridgehead atoms. The van der Waals surface area contributed by atoms with Crippen molar-refractivity contribution in [1.29, 1.82) is 0 Å². The average molecular weight is 320 g/mol. The maximum atomic E-state index is 12.5. The number of benzene rings is 2. The Kier molecular flexibility index (Phi) is 3.22. The van der Waals surface area contributed by atoms with Crippen LogP contribution in [0.1, 0.15) is 0 Å². The molecule has 1 aromatic heterocycles. The quantitative estimate of drug-likeness (QED) is 0.681. The summed E-state index contributed by atoms with van der Waals surface area (Å²) in [5.74, 6) is 0.685. The van der Waals surface area contributed by atoms with Gasteiger partial charge in [0.1, 0.15) is 5.75 Å². The molecule has 2 aromatic carbocycles. The van der Waals surface area contributed by atoms with Crippen LogP contribution in [0.5, 0.6) is 5.75 Å². The number of hydrogen-bond donors (Lipinski definition) is 0. The zero-order valence-electron chi connectivity index (χ0n) is 11.4. The Morgan fingerprint density at radius 3 is 2.43 bits per heavy atom. The lowest BCUT2D eigenvalue weighted by Gasteiger charge is -2.05. The first-order valence-corrected chi connectivity index (χ1v) is 8.85. The highest BCUT2D eigenvalue weighted by molar-refractivity contribution is 7.90. The number of hydrogen-bond acceptors (Lipinski definition) is 5. The van der Waals surface area contributed by atoms with Crippen LogP contribution in [0.15, 0.2) is 46.1 Å². The fourth-order valence-corrected chi connectivity index (χ4v) is 3.90. The van der Waals surface area contributed by atoms with Gasteiger partial charge in [-0.25, -0.2) is 8.42 Å². The van der Waals surface area contributed by atoms with Gasteiger partial charge in [0, 0.05) is 26.4 Å². The van der Waals surface area contributed by atoms with Gasteiger partial charge in [-0.2, -0.15) is 0 Å². The first-order chi connectivity index (χ1) is 9.90. The number of ether oxygens (including phenoxy) is 1. The molecule has 0 fully saturated rings. The number of fused-ring (bicyclic) bond motifs is 2. The molecule has 0 unspecified atom stereocenters. The highest BCUT2D eigenvalue weighted by Crippen LogP contribution is 2.28. The number of rotatable bonds is 2. The molecule has 0 spiro atoms. The Morgan fingerprint density at radius 2 is 1.76 bits per heavy atom. The number of methoxy groups -OCH3 is 1. The maximum Gasteiger partial charge on any atom is 0.195 e. The molecule has 0 radical (unpaired) electrons. The van der Waals surface area contributed by atoms with Crippen molar-refractivity contribution in [1.82, 2.24) is 0 Å². The van der Waals surface area contributed by atoms with Crippen molar-refractivity contribution in [3.63, 3.8) is 0 Å². The maximum absolute atomic E-state index is 12.5. The van der Waals surface area contributed by atoms with E-state index in [4.69, 9.17) is 4.74 Å². The van der Waals surface area contributed by atoms with Crippen LogP contribution in [-0.2, 0) is 9.84 Å². The molecule has 0 aliphatic carbocycles. The van der Waals surface area contributed by atoms with Gasteiger partial charge in [0.25, 0.3) is 0 Å². The Bertz CT molecular complexity index is 1020. The van der Waals surface area contributed by atoms with Crippen molar-refractivity contribution in [2.45, 2.75) is 4.90 Å². The molecule has 21 heavy (non-hydrogen) atoms. The van der Waals surface area contributed by atoms with E-state index in [1.807, 2.05) is 6.07 Å². The molecule has 0 saturated carbocycles. The zero-order valence-corrected chi connectivity index (χ0v) is 13.0. The molecule has 0 aliphatic rings. The summed E-state index contributed by atoms with van der Waals surface area (Å²) < 4.78 is 30.0. The fraction of sp³-hybridized carbons (Fsp3) is 0.133. The van der Waals surface area contributed by atoms with Gasteiger partial charge < -0.3 is 4.74 Å². The van der Waals surface area contributed by atoms with E-state index in [1.54, 1.807) is 25.3 Å². The van der Waals surface area contributed by atoms with Crippen molar-refractivity contribution >= 4 is 41.3 Å². The second kappa shape index (κ2) is 4.82. The second-order valence-electron chi connectivity index (χ2n) is 4.72. The summed E-state index contributed by atoms with van der Waals surface area (Å²) in [6.07, 6.45) is 1.13. The van der Waals surface area contributed by atoms with Crippen LogP contribution in [0.4, 0.5) is 0 Å². The van der Waals surface area contributed by atoms with Crippen LogP contribution in [0.25, 0.3) is 20.2 Å². The van der Waals surface area contributed by atoms with Crippen LogP contribution in [-0.4, -0.2) is 21.8 Å². The third kappa shape index (κ3) is 2.41. The lowest BCUT2D eigenvalue weighted by atomic mass is 10.2. The van der Waals surface area contributed by atoms with E-state index in [-0.39, 0.29) is 10.3 Å². The summed E-state index contributed by atoms with van der Waals surface area (Å²) in [6, 6.07) is 9.90. The highest BCUT2D eigenvalue weighted by atomic mass is 32.2. The van der Waals surface area contributed by atoms with Crippen LogP contribution < -0.4 is 10.2 Å². The molecule has 0 atom stereocenters. The van der Waals surface area contributed by atoms with E-state index < -0.39 is 9.84 Å². The summed E-state index contributed by atoms with van der Waals surface area (Å²) in [4.78, 5) is 12.7. The van der Waals surface area contributed by atoms with Gasteiger partial charge in [0.05, 0.1) is 12.0 Å². The Hall–Kier alpha value is -1.92. The minimum atomic E-state index is -3.33. The normalized spacial score (nSPS) is 11.9. The van der Waals surface area contributed by atoms with Crippen LogP contribution in [0, 0.1) is 0 Å². The van der Waals surface area contributed by atoms with Gasteiger partial charge in [-0.3, -0.25) is 4.79 Å². The van der Waals surface area contributed by atoms with E-state index in [0.717, 1.165) is 15.7 Å². The van der Waals surface area contributed by atoms with E-state index in [2.05, 4.69) is 0 Å². The van der Waals surface area contributed by atoms with Crippen LogP contribution in [0.2, 0.25) is 0 Å². The molecule has 0 aliphatic heterocycles. The van der Waals surface area contributed by atoms with Crippen molar-refractivity contribution in [2.75, 3.05) is 13.4 Å². The molecule has 108 valence electrons. The molecule has 3 rings (SSSR count). The monoisotopic (exact) mass is 320 g/mol. The Labute approximate surface area is 125 Å².